The molecule has 4 rings (SSSR count). The molecular weight excluding hydrogens is 328 g/mol. The molecule has 7 nitrogen and oxygen atoms in total. The van der Waals surface area contributed by atoms with Gasteiger partial charge < -0.3 is 5.32 Å². The quantitative estimate of drug-likeness (QED) is 0.615. The zero-order valence-corrected chi connectivity index (χ0v) is 14.1. The van der Waals surface area contributed by atoms with Crippen molar-refractivity contribution in [3.05, 3.63) is 78.0 Å². The predicted molar refractivity (Wildman–Crippen MR) is 97.8 cm³/mol. The van der Waals surface area contributed by atoms with Crippen molar-refractivity contribution in [3.63, 3.8) is 0 Å². The number of nitrogens with zero attached hydrogens (tertiary/aromatic N) is 5. The second-order valence-corrected chi connectivity index (χ2v) is 5.92. The number of pyridine rings is 1. The molecule has 1 N–H and O–H groups in total. The van der Waals surface area contributed by atoms with E-state index in [0.29, 0.717) is 17.9 Å². The van der Waals surface area contributed by atoms with Crippen molar-refractivity contribution in [1.29, 1.82) is 0 Å². The van der Waals surface area contributed by atoms with Crippen LogP contribution in [0.25, 0.3) is 11.0 Å². The van der Waals surface area contributed by atoms with Crippen molar-refractivity contribution in [2.75, 3.05) is 5.32 Å². The number of carbonyl (C=O) groups is 1. The van der Waals surface area contributed by atoms with Crippen LogP contribution in [0.3, 0.4) is 0 Å². The van der Waals surface area contributed by atoms with E-state index in [1.165, 1.54) is 6.33 Å². The van der Waals surface area contributed by atoms with Crippen LogP contribution in [0.2, 0.25) is 0 Å². The minimum Gasteiger partial charge on any atom is -0.306 e. The molecule has 3 heterocycles. The van der Waals surface area contributed by atoms with Crippen LogP contribution < -0.4 is 5.32 Å². The van der Waals surface area contributed by atoms with Crippen molar-refractivity contribution in [3.8, 4) is 0 Å². The molecule has 0 saturated carbocycles. The van der Waals surface area contributed by atoms with Crippen molar-refractivity contribution >= 4 is 22.8 Å². The summed E-state index contributed by atoms with van der Waals surface area (Å²) >= 11 is 0. The predicted octanol–water partition coefficient (Wildman–Crippen LogP) is 2.83. The second kappa shape index (κ2) is 6.72. The number of amides is 1. The lowest BCUT2D eigenvalue weighted by Gasteiger charge is -2.06. The molecule has 0 bridgehead atoms. The number of carbonyl (C=O) groups excluding carboxylic acids is 1. The van der Waals surface area contributed by atoms with Crippen LogP contribution >= 0.6 is 0 Å². The summed E-state index contributed by atoms with van der Waals surface area (Å²) in [5.41, 5.74) is 3.11. The van der Waals surface area contributed by atoms with Crippen molar-refractivity contribution in [2.45, 2.75) is 13.5 Å². The van der Waals surface area contributed by atoms with Crippen LogP contribution in [0.4, 0.5) is 5.82 Å². The van der Waals surface area contributed by atoms with Crippen LogP contribution in [0.1, 0.15) is 21.6 Å². The maximum atomic E-state index is 12.4. The molecule has 0 aliphatic rings. The van der Waals surface area contributed by atoms with E-state index in [1.54, 1.807) is 24.5 Å². The Morgan fingerprint density at radius 2 is 1.92 bits per heavy atom. The average molecular weight is 344 g/mol. The highest BCUT2D eigenvalue weighted by atomic mass is 16.1. The zero-order chi connectivity index (χ0) is 17.9. The zero-order valence-electron chi connectivity index (χ0n) is 14.1. The monoisotopic (exact) mass is 344 g/mol. The summed E-state index contributed by atoms with van der Waals surface area (Å²) in [5, 5.41) is 7.95. The van der Waals surface area contributed by atoms with Gasteiger partial charge in [-0.1, -0.05) is 30.3 Å². The van der Waals surface area contributed by atoms with Gasteiger partial charge in [-0.25, -0.2) is 19.6 Å². The molecule has 0 unspecified atom stereocenters. The Hall–Kier alpha value is -3.61. The number of aryl methyl sites for hydroxylation is 1. The van der Waals surface area contributed by atoms with E-state index in [2.05, 4.69) is 25.4 Å². The van der Waals surface area contributed by atoms with Crippen LogP contribution in [0.5, 0.6) is 0 Å². The number of anilines is 1. The molecule has 7 heteroatoms. The van der Waals surface area contributed by atoms with Crippen LogP contribution in [-0.2, 0) is 6.54 Å². The van der Waals surface area contributed by atoms with E-state index < -0.39 is 0 Å². The minimum atomic E-state index is -0.270. The van der Waals surface area contributed by atoms with E-state index in [-0.39, 0.29) is 5.91 Å². The molecule has 0 fully saturated rings. The molecule has 0 saturated heterocycles. The Balaban J connectivity index is 1.57. The lowest BCUT2D eigenvalue weighted by atomic mass is 10.2. The fourth-order valence-electron chi connectivity index (χ4n) is 2.68. The van der Waals surface area contributed by atoms with Gasteiger partial charge in [0.05, 0.1) is 18.3 Å². The molecule has 0 aliphatic carbocycles. The first-order chi connectivity index (χ1) is 12.7. The van der Waals surface area contributed by atoms with Gasteiger partial charge in [-0.2, -0.15) is 5.10 Å². The van der Waals surface area contributed by atoms with Gasteiger partial charge >= 0.3 is 0 Å². The van der Waals surface area contributed by atoms with Gasteiger partial charge in [-0.15, -0.1) is 0 Å². The molecule has 0 aliphatic heterocycles. The molecule has 128 valence electrons. The maximum Gasteiger partial charge on any atom is 0.258 e. The number of hydrogen-bond donors (Lipinski definition) is 1. The van der Waals surface area contributed by atoms with Crippen molar-refractivity contribution in [1.82, 2.24) is 24.7 Å². The Morgan fingerprint density at radius 1 is 1.08 bits per heavy atom. The molecule has 3 aromatic heterocycles. The third kappa shape index (κ3) is 3.27. The number of hydrogen-bond acceptors (Lipinski definition) is 5. The first-order valence-corrected chi connectivity index (χ1v) is 8.14. The SMILES string of the molecule is Cc1cc(NC(=O)c2cnc3c(cnn3Cc3ccccc3)c2)ncn1. The number of fused-ring (bicyclic) bond motifs is 1. The standard InChI is InChI=1S/C19H16N6O/c1-13-7-17(22-12-21-13)24-19(26)16-8-15-10-23-25(18(15)20-9-16)11-14-5-3-2-4-6-14/h2-10,12H,11H2,1H3,(H,21,22,24,26). The number of benzene rings is 1. The molecule has 0 atom stereocenters. The fourth-order valence-corrected chi connectivity index (χ4v) is 2.68. The van der Waals surface area contributed by atoms with E-state index in [9.17, 15) is 4.79 Å². The highest BCUT2D eigenvalue weighted by Crippen LogP contribution is 2.15. The van der Waals surface area contributed by atoms with E-state index in [0.717, 1.165) is 22.3 Å². The van der Waals surface area contributed by atoms with Gasteiger partial charge in [0.15, 0.2) is 5.65 Å². The molecule has 1 aromatic carbocycles. The van der Waals surface area contributed by atoms with Crippen LogP contribution in [0.15, 0.2) is 61.2 Å². The fraction of sp³-hybridized carbons (Fsp3) is 0.105. The number of nitrogens with one attached hydrogen (secondary N) is 1. The third-order valence-electron chi connectivity index (χ3n) is 3.96. The van der Waals surface area contributed by atoms with E-state index in [4.69, 9.17) is 0 Å². The Kier molecular flexibility index (Phi) is 4.10. The molecule has 0 radical (unpaired) electrons. The van der Waals surface area contributed by atoms with Crippen LogP contribution in [-0.4, -0.2) is 30.6 Å². The minimum absolute atomic E-state index is 0.270. The maximum absolute atomic E-state index is 12.4. The molecule has 1 amide bonds. The van der Waals surface area contributed by atoms with Gasteiger partial charge in [-0.05, 0) is 18.6 Å². The molecule has 4 aromatic rings. The molecular formula is C19H16N6O. The summed E-state index contributed by atoms with van der Waals surface area (Å²) < 4.78 is 1.82. The van der Waals surface area contributed by atoms with E-state index >= 15 is 0 Å². The topological polar surface area (TPSA) is 85.6 Å². The van der Waals surface area contributed by atoms with Gasteiger partial charge in [0, 0.05) is 23.3 Å². The Morgan fingerprint density at radius 3 is 2.73 bits per heavy atom. The Bertz CT molecular complexity index is 1070. The Labute approximate surface area is 149 Å². The molecule has 26 heavy (non-hydrogen) atoms. The van der Waals surface area contributed by atoms with E-state index in [1.807, 2.05) is 41.9 Å². The van der Waals surface area contributed by atoms with Gasteiger partial charge in [0.25, 0.3) is 5.91 Å². The summed E-state index contributed by atoms with van der Waals surface area (Å²) in [6, 6.07) is 13.5. The summed E-state index contributed by atoms with van der Waals surface area (Å²) in [5.74, 6) is 0.190. The third-order valence-corrected chi connectivity index (χ3v) is 3.96. The smallest absolute Gasteiger partial charge is 0.258 e. The highest BCUT2D eigenvalue weighted by Gasteiger charge is 2.11. The average Bonchev–Trinajstić information content (AvgIpc) is 3.05. The lowest BCUT2D eigenvalue weighted by Crippen LogP contribution is -2.13. The highest BCUT2D eigenvalue weighted by molar-refractivity contribution is 6.05. The second-order valence-electron chi connectivity index (χ2n) is 5.92. The summed E-state index contributed by atoms with van der Waals surface area (Å²) in [6.45, 7) is 2.47. The summed E-state index contributed by atoms with van der Waals surface area (Å²) in [7, 11) is 0. The number of aromatic nitrogens is 5. The first kappa shape index (κ1) is 15.9. The number of rotatable bonds is 4. The van der Waals surface area contributed by atoms with Gasteiger partial charge in [-0.3, -0.25) is 4.79 Å². The lowest BCUT2D eigenvalue weighted by molar-refractivity contribution is 0.102. The summed E-state index contributed by atoms with van der Waals surface area (Å²) in [6.07, 6.45) is 4.69. The van der Waals surface area contributed by atoms with Gasteiger partial charge in [0.1, 0.15) is 12.1 Å². The normalized spacial score (nSPS) is 10.8. The first-order valence-electron chi connectivity index (χ1n) is 8.14. The van der Waals surface area contributed by atoms with Crippen molar-refractivity contribution < 1.29 is 4.79 Å². The van der Waals surface area contributed by atoms with Crippen molar-refractivity contribution in [2.24, 2.45) is 0 Å². The van der Waals surface area contributed by atoms with Gasteiger partial charge in [0.2, 0.25) is 0 Å². The largest absolute Gasteiger partial charge is 0.306 e. The summed E-state index contributed by atoms with van der Waals surface area (Å²) in [4.78, 5) is 24.9. The molecule has 0 spiro atoms. The van der Waals surface area contributed by atoms with Crippen LogP contribution in [0, 0.1) is 6.92 Å².